The summed E-state index contributed by atoms with van der Waals surface area (Å²) < 4.78 is 28.7. The number of nitrogens with one attached hydrogen (secondary N) is 1. The molecule has 4 aromatic rings. The zero-order chi connectivity index (χ0) is 24.5. The van der Waals surface area contributed by atoms with Gasteiger partial charge in [-0.15, -0.1) is 0 Å². The number of fused-ring (bicyclic) bond motifs is 1. The van der Waals surface area contributed by atoms with Gasteiger partial charge in [-0.2, -0.15) is 5.10 Å². The summed E-state index contributed by atoms with van der Waals surface area (Å²) in [5.41, 5.74) is 5.61. The molecular weight excluding hydrogens is 448 g/mol. The number of nitrogens with zero attached hydrogens (tertiary/aromatic N) is 4. The Bertz CT molecular complexity index is 1380. The maximum absolute atomic E-state index is 13.5. The second-order valence-corrected chi connectivity index (χ2v) is 9.21. The lowest BCUT2D eigenvalue weighted by Gasteiger charge is -2.33. The highest BCUT2D eigenvalue weighted by molar-refractivity contribution is 5.81. The number of carbonyl (C=O) groups is 1. The minimum Gasteiger partial charge on any atom is -0.354 e. The molecule has 0 aliphatic carbocycles. The number of rotatable bonds is 5. The van der Waals surface area contributed by atoms with E-state index in [2.05, 4.69) is 47.2 Å². The average molecular weight is 476 g/mol. The lowest BCUT2D eigenvalue weighted by atomic mass is 9.97. The summed E-state index contributed by atoms with van der Waals surface area (Å²) in [7, 11) is 0. The number of anilines is 1. The van der Waals surface area contributed by atoms with E-state index >= 15 is 0 Å². The van der Waals surface area contributed by atoms with Crippen LogP contribution in [0.15, 0.2) is 54.9 Å². The van der Waals surface area contributed by atoms with Gasteiger partial charge in [0, 0.05) is 43.7 Å². The Balaban J connectivity index is 1.34. The standard InChI is InChI=1S/C27H27F2N5O/c1-17-5-6-23(18(2)10-17)24-14-25-26(30-7-9-34(25)32-24)33-8-3-4-20(16-33)27(35)31-15-19-11-21(28)13-22(29)12-19/h5-7,9-14,20H,3-4,8,15-16H2,1-2H3,(H,31,35). The molecule has 35 heavy (non-hydrogen) atoms. The van der Waals surface area contributed by atoms with Gasteiger partial charge in [0.25, 0.3) is 0 Å². The molecule has 1 aliphatic rings. The molecule has 0 radical (unpaired) electrons. The largest absolute Gasteiger partial charge is 0.354 e. The van der Waals surface area contributed by atoms with Crippen molar-refractivity contribution in [3.8, 4) is 11.3 Å². The number of piperidine rings is 1. The Morgan fingerprint density at radius 2 is 1.91 bits per heavy atom. The van der Waals surface area contributed by atoms with E-state index in [0.717, 1.165) is 53.6 Å². The second-order valence-electron chi connectivity index (χ2n) is 9.21. The van der Waals surface area contributed by atoms with E-state index in [9.17, 15) is 13.6 Å². The van der Waals surface area contributed by atoms with Gasteiger partial charge in [-0.1, -0.05) is 23.8 Å². The van der Waals surface area contributed by atoms with Gasteiger partial charge in [0.05, 0.1) is 11.6 Å². The van der Waals surface area contributed by atoms with Gasteiger partial charge in [0.2, 0.25) is 5.91 Å². The highest BCUT2D eigenvalue weighted by Crippen LogP contribution is 2.30. The maximum Gasteiger partial charge on any atom is 0.225 e. The SMILES string of the molecule is Cc1ccc(-c2cc3c(N4CCCC(C(=O)NCc5cc(F)cc(F)c5)C4)nccn3n2)c(C)c1. The smallest absolute Gasteiger partial charge is 0.225 e. The molecule has 1 atom stereocenters. The fourth-order valence-electron chi connectivity index (χ4n) is 4.81. The molecule has 8 heteroatoms. The van der Waals surface area contributed by atoms with Gasteiger partial charge in [-0.05, 0) is 56.0 Å². The summed E-state index contributed by atoms with van der Waals surface area (Å²) in [4.78, 5) is 19.6. The Hall–Kier alpha value is -3.81. The highest BCUT2D eigenvalue weighted by Gasteiger charge is 2.28. The van der Waals surface area contributed by atoms with Crippen LogP contribution in [0, 0.1) is 31.4 Å². The van der Waals surface area contributed by atoms with Gasteiger partial charge in [-0.25, -0.2) is 18.3 Å². The van der Waals surface area contributed by atoms with Crippen molar-refractivity contribution in [1.82, 2.24) is 19.9 Å². The van der Waals surface area contributed by atoms with E-state index in [1.165, 1.54) is 17.7 Å². The molecule has 1 saturated heterocycles. The number of hydrogen-bond donors (Lipinski definition) is 1. The number of carbonyl (C=O) groups excluding carboxylic acids is 1. The molecule has 1 N–H and O–H groups in total. The van der Waals surface area contributed by atoms with Gasteiger partial charge in [-0.3, -0.25) is 4.79 Å². The Labute approximate surface area is 202 Å². The van der Waals surface area contributed by atoms with Crippen LogP contribution in [0.4, 0.5) is 14.6 Å². The first-order valence-electron chi connectivity index (χ1n) is 11.8. The predicted molar refractivity (Wildman–Crippen MR) is 131 cm³/mol. The number of amides is 1. The zero-order valence-electron chi connectivity index (χ0n) is 19.8. The van der Waals surface area contributed by atoms with Crippen LogP contribution in [0.3, 0.4) is 0 Å². The Kier molecular flexibility index (Phi) is 6.19. The van der Waals surface area contributed by atoms with Crippen LogP contribution in [0.1, 0.15) is 29.5 Å². The molecule has 1 fully saturated rings. The summed E-state index contributed by atoms with van der Waals surface area (Å²) >= 11 is 0. The van der Waals surface area contributed by atoms with Crippen molar-refractivity contribution in [3.05, 3.63) is 83.2 Å². The van der Waals surface area contributed by atoms with Crippen molar-refractivity contribution in [2.45, 2.75) is 33.2 Å². The molecule has 0 saturated carbocycles. The lowest BCUT2D eigenvalue weighted by molar-refractivity contribution is -0.125. The molecule has 3 heterocycles. The molecule has 1 aliphatic heterocycles. The summed E-state index contributed by atoms with van der Waals surface area (Å²) in [5, 5.41) is 7.60. The molecule has 1 amide bonds. The van der Waals surface area contributed by atoms with Crippen LogP contribution in [0.5, 0.6) is 0 Å². The predicted octanol–water partition coefficient (Wildman–Crippen LogP) is 4.82. The summed E-state index contributed by atoms with van der Waals surface area (Å²) in [6.07, 6.45) is 5.14. The second kappa shape index (κ2) is 9.44. The Morgan fingerprint density at radius 3 is 2.69 bits per heavy atom. The van der Waals surface area contributed by atoms with Gasteiger partial charge >= 0.3 is 0 Å². The van der Waals surface area contributed by atoms with Crippen LogP contribution >= 0.6 is 0 Å². The monoisotopic (exact) mass is 475 g/mol. The molecule has 1 unspecified atom stereocenters. The highest BCUT2D eigenvalue weighted by atomic mass is 19.1. The molecule has 2 aromatic carbocycles. The third-order valence-electron chi connectivity index (χ3n) is 6.51. The molecule has 0 spiro atoms. The van der Waals surface area contributed by atoms with Gasteiger partial charge in [0.15, 0.2) is 5.82 Å². The van der Waals surface area contributed by atoms with Crippen molar-refractivity contribution in [3.63, 3.8) is 0 Å². The number of aryl methyl sites for hydroxylation is 2. The fourth-order valence-corrected chi connectivity index (χ4v) is 4.81. The van der Waals surface area contributed by atoms with Gasteiger partial charge in [0.1, 0.15) is 17.2 Å². The summed E-state index contributed by atoms with van der Waals surface area (Å²) in [6, 6.07) is 11.6. The fraction of sp³-hybridized carbons (Fsp3) is 0.296. The third kappa shape index (κ3) is 4.87. The van der Waals surface area contributed by atoms with Crippen molar-refractivity contribution in [2.24, 2.45) is 5.92 Å². The normalized spacial score (nSPS) is 16.0. The van der Waals surface area contributed by atoms with E-state index in [1.807, 2.05) is 16.8 Å². The topological polar surface area (TPSA) is 62.5 Å². The van der Waals surface area contributed by atoms with Crippen LogP contribution in [-0.4, -0.2) is 33.6 Å². The molecule has 6 nitrogen and oxygen atoms in total. The van der Waals surface area contributed by atoms with E-state index in [0.29, 0.717) is 12.1 Å². The quantitative estimate of drug-likeness (QED) is 0.449. The van der Waals surface area contributed by atoms with Crippen LogP contribution in [0.25, 0.3) is 16.8 Å². The number of hydrogen-bond acceptors (Lipinski definition) is 4. The number of benzene rings is 2. The van der Waals surface area contributed by atoms with Crippen LogP contribution in [0.2, 0.25) is 0 Å². The van der Waals surface area contributed by atoms with Crippen molar-refractivity contribution in [2.75, 3.05) is 18.0 Å². The van der Waals surface area contributed by atoms with Gasteiger partial charge < -0.3 is 10.2 Å². The minimum atomic E-state index is -0.654. The first kappa shape index (κ1) is 23.0. The first-order valence-corrected chi connectivity index (χ1v) is 11.8. The molecule has 180 valence electrons. The van der Waals surface area contributed by atoms with E-state index in [-0.39, 0.29) is 18.4 Å². The summed E-state index contributed by atoms with van der Waals surface area (Å²) in [5.74, 6) is -0.890. The van der Waals surface area contributed by atoms with Crippen molar-refractivity contribution < 1.29 is 13.6 Å². The Morgan fingerprint density at radius 1 is 1.11 bits per heavy atom. The van der Waals surface area contributed by atoms with E-state index in [4.69, 9.17) is 5.10 Å². The van der Waals surface area contributed by atoms with Crippen molar-refractivity contribution in [1.29, 1.82) is 0 Å². The number of halogens is 2. The third-order valence-corrected chi connectivity index (χ3v) is 6.51. The van der Waals surface area contributed by atoms with Crippen LogP contribution < -0.4 is 10.2 Å². The first-order chi connectivity index (χ1) is 16.9. The van der Waals surface area contributed by atoms with E-state index < -0.39 is 11.6 Å². The average Bonchev–Trinajstić information content (AvgIpc) is 3.26. The zero-order valence-corrected chi connectivity index (χ0v) is 19.8. The van der Waals surface area contributed by atoms with Crippen molar-refractivity contribution >= 4 is 17.2 Å². The minimum absolute atomic E-state index is 0.0831. The molecule has 5 rings (SSSR count). The number of aromatic nitrogens is 3. The van der Waals surface area contributed by atoms with E-state index in [1.54, 1.807) is 6.20 Å². The summed E-state index contributed by atoms with van der Waals surface area (Å²) in [6.45, 7) is 5.54. The lowest BCUT2D eigenvalue weighted by Crippen LogP contribution is -2.43. The maximum atomic E-state index is 13.5. The molecule has 0 bridgehead atoms. The van der Waals surface area contributed by atoms with Crippen LogP contribution in [-0.2, 0) is 11.3 Å². The molecule has 2 aromatic heterocycles. The molecular formula is C27H27F2N5O.